The van der Waals surface area contributed by atoms with E-state index in [0.29, 0.717) is 0 Å². The highest BCUT2D eigenvalue weighted by Crippen LogP contribution is 2.44. The second-order valence-corrected chi connectivity index (χ2v) is 12.8. The van der Waals surface area contributed by atoms with Gasteiger partial charge in [-0.3, -0.25) is 5.41 Å². The molecular weight excluding hydrogens is 603 g/mol. The van der Waals surface area contributed by atoms with Crippen LogP contribution in [0, 0.1) is 11.3 Å². The molecule has 2 aliphatic heterocycles. The maximum atomic E-state index is 13.3. The van der Waals surface area contributed by atoms with Gasteiger partial charge in [0.15, 0.2) is 6.29 Å². The first-order valence-electron chi connectivity index (χ1n) is 13.6. The number of hydrogen-bond donors (Lipinski definition) is 2. The van der Waals surface area contributed by atoms with Gasteiger partial charge < -0.3 is 29.0 Å². The minimum Gasteiger partial charge on any atom is -0.449 e. The van der Waals surface area contributed by atoms with Crippen molar-refractivity contribution in [2.24, 2.45) is 5.92 Å². The molecule has 6 rings (SSSR count). The first kappa shape index (κ1) is 29.2. The topological polar surface area (TPSA) is 99.1 Å². The number of carbonyl (C=O) groups excluding carboxylic acids is 1. The third kappa shape index (κ3) is 5.84. The van der Waals surface area contributed by atoms with Crippen LogP contribution < -0.4 is 5.32 Å². The molecule has 0 spiro atoms. The smallest absolute Gasteiger partial charge is 0.407 e. The highest BCUT2D eigenvalue weighted by Gasteiger charge is 2.50. The predicted octanol–water partition coefficient (Wildman–Crippen LogP) is 6.73. The number of alkyl halides is 3. The third-order valence-electron chi connectivity index (χ3n) is 7.94. The van der Waals surface area contributed by atoms with E-state index in [1.165, 1.54) is 0 Å². The lowest BCUT2D eigenvalue weighted by molar-refractivity contribution is -0.326. The summed E-state index contributed by atoms with van der Waals surface area (Å²) in [5, 5.41) is 11.0. The first-order valence-corrected chi connectivity index (χ1v) is 14.8. The Bertz CT molecular complexity index is 1410. The van der Waals surface area contributed by atoms with Crippen molar-refractivity contribution in [1.29, 1.82) is 5.41 Å². The van der Waals surface area contributed by atoms with Crippen LogP contribution in [0.1, 0.15) is 35.8 Å². The van der Waals surface area contributed by atoms with Crippen molar-refractivity contribution >= 4 is 46.8 Å². The van der Waals surface area contributed by atoms with Gasteiger partial charge in [0.05, 0.1) is 18.8 Å². The maximum absolute atomic E-state index is 13.3. The highest BCUT2D eigenvalue weighted by molar-refractivity contribution is 6.76. The Kier molecular flexibility index (Phi) is 8.37. The quantitative estimate of drug-likeness (QED) is 0.184. The number of alkyl carbamates (subject to hydrolysis) is 1. The molecule has 3 unspecified atom stereocenters. The maximum Gasteiger partial charge on any atom is 0.407 e. The zero-order chi connectivity index (χ0) is 29.4. The summed E-state index contributed by atoms with van der Waals surface area (Å²) in [5.74, 6) is -1.10. The minimum atomic E-state index is -2.12. The number of ether oxygens (including phenoxy) is 5. The van der Waals surface area contributed by atoms with E-state index in [0.717, 1.165) is 27.8 Å². The molecule has 42 heavy (non-hydrogen) atoms. The van der Waals surface area contributed by atoms with Gasteiger partial charge in [-0.2, -0.15) is 0 Å². The molecule has 2 heterocycles. The molecule has 2 fully saturated rings. The lowest BCUT2D eigenvalue weighted by Gasteiger charge is -2.48. The predicted molar refractivity (Wildman–Crippen MR) is 159 cm³/mol. The average molecular weight is 632 g/mol. The molecule has 1 amide bonds. The molecule has 0 aromatic heterocycles. The number of benzene rings is 3. The van der Waals surface area contributed by atoms with Crippen molar-refractivity contribution in [3.8, 4) is 11.1 Å². The molecule has 0 bridgehead atoms. The fourth-order valence-electron chi connectivity index (χ4n) is 5.88. The monoisotopic (exact) mass is 630 g/mol. The zero-order valence-corrected chi connectivity index (χ0v) is 24.8. The number of fused-ring (bicyclic) bond motifs is 4. The summed E-state index contributed by atoms with van der Waals surface area (Å²) in [7, 11) is 0. The number of rotatable bonds is 5. The largest absolute Gasteiger partial charge is 0.449 e. The number of halogens is 3. The van der Waals surface area contributed by atoms with E-state index in [1.807, 2.05) is 61.5 Å². The Morgan fingerprint density at radius 3 is 2.21 bits per heavy atom. The first-order chi connectivity index (χ1) is 20.2. The number of carbonyl (C=O) groups is 1. The van der Waals surface area contributed by atoms with Crippen LogP contribution in [-0.2, 0) is 23.7 Å². The fourth-order valence-corrected chi connectivity index (χ4v) is 6.01. The van der Waals surface area contributed by atoms with Crippen molar-refractivity contribution < 1.29 is 28.5 Å². The lowest BCUT2D eigenvalue weighted by atomic mass is 9.88. The van der Waals surface area contributed by atoms with Crippen LogP contribution in [0.15, 0.2) is 78.9 Å². The second-order valence-electron chi connectivity index (χ2n) is 10.5. The molecule has 1 aliphatic carbocycles. The van der Waals surface area contributed by atoms with Crippen molar-refractivity contribution in [1.82, 2.24) is 5.32 Å². The molecule has 8 nitrogen and oxygen atoms in total. The van der Waals surface area contributed by atoms with Crippen LogP contribution in [0.2, 0.25) is 0 Å². The number of nitrogens with one attached hydrogen (secondary N) is 2. The summed E-state index contributed by atoms with van der Waals surface area (Å²) in [6.45, 7) is 2.23. The van der Waals surface area contributed by atoms with E-state index in [1.54, 1.807) is 0 Å². The summed E-state index contributed by atoms with van der Waals surface area (Å²) in [6, 6.07) is 25.0. The van der Waals surface area contributed by atoms with Gasteiger partial charge in [0.2, 0.25) is 12.2 Å². The molecule has 0 saturated carbocycles. The lowest BCUT2D eigenvalue weighted by Crippen LogP contribution is -2.64. The van der Waals surface area contributed by atoms with Crippen molar-refractivity contribution in [3.05, 3.63) is 95.6 Å². The Morgan fingerprint density at radius 2 is 1.57 bits per heavy atom. The van der Waals surface area contributed by atoms with Gasteiger partial charge in [0.1, 0.15) is 12.7 Å². The number of hydrogen-bond acceptors (Lipinski definition) is 7. The van der Waals surface area contributed by atoms with E-state index in [9.17, 15) is 4.79 Å². The summed E-state index contributed by atoms with van der Waals surface area (Å²) in [4.78, 5) is 13.3. The molecular formula is C31H29Cl3N2O6. The standard InChI is InChI=1S/C31H29Cl3N2O6/c1-17-25(36-30(37)39-15-23-21-13-7-5-11-19(21)20-12-6-8-14-22(20)23)28(42-29(35)31(32,33)34)40-24-16-38-27(41-26(17)24)18-9-3-2-4-10-18/h2-14,17,23-28,35H,15-16H2,1H3,(H,36,37)/t17-,24?,25?,26-,27?,28+/m1/s1. The van der Waals surface area contributed by atoms with Gasteiger partial charge in [0, 0.05) is 17.4 Å². The Hall–Kier alpha value is -2.85. The minimum absolute atomic E-state index is 0.109. The van der Waals surface area contributed by atoms with Crippen molar-refractivity contribution in [3.63, 3.8) is 0 Å². The molecule has 2 N–H and O–H groups in total. The van der Waals surface area contributed by atoms with E-state index in [4.69, 9.17) is 63.9 Å². The number of amides is 1. The molecule has 0 radical (unpaired) electrons. The van der Waals surface area contributed by atoms with Crippen LogP contribution in [0.25, 0.3) is 11.1 Å². The summed E-state index contributed by atoms with van der Waals surface area (Å²) in [5.41, 5.74) is 5.32. The Morgan fingerprint density at radius 1 is 0.952 bits per heavy atom. The van der Waals surface area contributed by atoms with E-state index in [-0.39, 0.29) is 25.0 Å². The van der Waals surface area contributed by atoms with Gasteiger partial charge in [-0.15, -0.1) is 0 Å². The third-order valence-corrected chi connectivity index (χ3v) is 8.45. The van der Waals surface area contributed by atoms with Crippen LogP contribution in [0.3, 0.4) is 0 Å². The van der Waals surface area contributed by atoms with Gasteiger partial charge in [0.25, 0.3) is 3.79 Å². The normalized spacial score (nSPS) is 26.9. The van der Waals surface area contributed by atoms with Crippen LogP contribution >= 0.6 is 34.8 Å². The van der Waals surface area contributed by atoms with Crippen LogP contribution in [0.4, 0.5) is 4.79 Å². The van der Waals surface area contributed by atoms with Gasteiger partial charge in [-0.1, -0.05) is 121 Å². The summed E-state index contributed by atoms with van der Waals surface area (Å²) in [6.07, 6.45) is -3.45. The second kappa shape index (κ2) is 12.0. The fraction of sp³-hybridized carbons (Fsp3) is 0.355. The Balaban J connectivity index is 1.18. The van der Waals surface area contributed by atoms with Crippen molar-refractivity contribution in [2.45, 2.75) is 47.5 Å². The van der Waals surface area contributed by atoms with Crippen LogP contribution in [0.5, 0.6) is 0 Å². The molecule has 11 heteroatoms. The molecule has 3 aliphatic rings. The summed E-state index contributed by atoms with van der Waals surface area (Å²) >= 11 is 17.7. The molecule has 2 saturated heterocycles. The van der Waals surface area contributed by atoms with Crippen LogP contribution in [-0.4, -0.2) is 53.5 Å². The van der Waals surface area contributed by atoms with Gasteiger partial charge in [-0.25, -0.2) is 4.79 Å². The molecule has 3 aromatic rings. The average Bonchev–Trinajstić information content (AvgIpc) is 3.31. The summed E-state index contributed by atoms with van der Waals surface area (Å²) < 4.78 is 27.7. The molecule has 6 atom stereocenters. The van der Waals surface area contributed by atoms with E-state index < -0.39 is 46.6 Å². The molecule has 3 aromatic carbocycles. The molecule has 220 valence electrons. The zero-order valence-electron chi connectivity index (χ0n) is 22.5. The van der Waals surface area contributed by atoms with E-state index in [2.05, 4.69) is 29.6 Å². The van der Waals surface area contributed by atoms with Gasteiger partial charge >= 0.3 is 6.09 Å². The highest BCUT2D eigenvalue weighted by atomic mass is 35.6. The Labute approximate surface area is 258 Å². The van der Waals surface area contributed by atoms with E-state index >= 15 is 0 Å². The van der Waals surface area contributed by atoms with Crippen molar-refractivity contribution in [2.75, 3.05) is 13.2 Å². The van der Waals surface area contributed by atoms with Gasteiger partial charge in [-0.05, 0) is 22.3 Å². The SMILES string of the molecule is C[C@@H]1C(NC(=O)OCC2c3ccccc3-c3ccccc32)[C@H](OC(=N)C(Cl)(Cl)Cl)OC2COC(c3ccccc3)O[C@@H]21.